The SMILES string of the molecule is CCN(CC)CCCCCCCC[Si](OC)(OC)OC. The quantitative estimate of drug-likeness (QED) is 0.363. The maximum atomic E-state index is 5.42. The molecule has 0 bridgehead atoms. The molecule has 122 valence electrons. The Kier molecular flexibility index (Phi) is 12.8. The van der Waals surface area contributed by atoms with Gasteiger partial charge in [-0.25, -0.2) is 0 Å². The van der Waals surface area contributed by atoms with Gasteiger partial charge in [0, 0.05) is 27.4 Å². The predicted molar refractivity (Wildman–Crippen MR) is 87.1 cm³/mol. The maximum Gasteiger partial charge on any atom is 0.500 e. The second-order valence-corrected chi connectivity index (χ2v) is 8.28. The lowest BCUT2D eigenvalue weighted by molar-refractivity contribution is 0.122. The molecule has 0 saturated heterocycles. The molecule has 0 aliphatic rings. The molecule has 0 heterocycles. The monoisotopic (exact) mass is 305 g/mol. The zero-order valence-electron chi connectivity index (χ0n) is 14.2. The number of hydrogen-bond donors (Lipinski definition) is 0. The molecule has 0 aliphatic carbocycles. The van der Waals surface area contributed by atoms with E-state index in [-0.39, 0.29) is 0 Å². The van der Waals surface area contributed by atoms with Gasteiger partial charge in [-0.15, -0.1) is 0 Å². The number of rotatable bonds is 14. The molecule has 0 N–H and O–H groups in total. The van der Waals surface area contributed by atoms with Crippen molar-refractivity contribution >= 4 is 8.80 Å². The first-order valence-corrected chi connectivity index (χ1v) is 9.99. The van der Waals surface area contributed by atoms with Gasteiger partial charge in [0.15, 0.2) is 0 Å². The van der Waals surface area contributed by atoms with Crippen LogP contribution in [0.25, 0.3) is 0 Å². The minimum atomic E-state index is -2.32. The highest BCUT2D eigenvalue weighted by Gasteiger charge is 2.36. The molecule has 0 rings (SSSR count). The fraction of sp³-hybridized carbons (Fsp3) is 1.00. The first kappa shape index (κ1) is 20.1. The molecule has 20 heavy (non-hydrogen) atoms. The van der Waals surface area contributed by atoms with Gasteiger partial charge < -0.3 is 18.2 Å². The summed E-state index contributed by atoms with van der Waals surface area (Å²) in [6, 6.07) is 0.927. The standard InChI is InChI=1S/C15H35NO3Si/c1-6-16(7-2)14-12-10-8-9-11-13-15-20(17-3,18-4)19-5/h6-15H2,1-5H3. The normalized spacial score (nSPS) is 12.3. The van der Waals surface area contributed by atoms with E-state index in [0.717, 1.165) is 12.5 Å². The van der Waals surface area contributed by atoms with Crippen LogP contribution in [0.15, 0.2) is 0 Å². The smallest absolute Gasteiger partial charge is 0.377 e. The van der Waals surface area contributed by atoms with Crippen molar-refractivity contribution in [1.82, 2.24) is 4.90 Å². The zero-order valence-corrected chi connectivity index (χ0v) is 15.2. The summed E-state index contributed by atoms with van der Waals surface area (Å²) >= 11 is 0. The summed E-state index contributed by atoms with van der Waals surface area (Å²) < 4.78 is 16.3. The van der Waals surface area contributed by atoms with Gasteiger partial charge in [-0.2, -0.15) is 0 Å². The van der Waals surface area contributed by atoms with Crippen LogP contribution >= 0.6 is 0 Å². The summed E-state index contributed by atoms with van der Waals surface area (Å²) in [6.45, 7) is 8.07. The van der Waals surface area contributed by atoms with Gasteiger partial charge in [-0.3, -0.25) is 0 Å². The lowest BCUT2D eigenvalue weighted by Gasteiger charge is -2.24. The van der Waals surface area contributed by atoms with E-state index in [2.05, 4.69) is 18.7 Å². The van der Waals surface area contributed by atoms with Crippen molar-refractivity contribution in [2.75, 3.05) is 41.0 Å². The van der Waals surface area contributed by atoms with Gasteiger partial charge in [0.05, 0.1) is 0 Å². The fourth-order valence-corrected chi connectivity index (χ4v) is 4.28. The van der Waals surface area contributed by atoms with E-state index in [9.17, 15) is 0 Å². The van der Waals surface area contributed by atoms with E-state index in [1.807, 2.05) is 0 Å². The van der Waals surface area contributed by atoms with Crippen LogP contribution in [-0.4, -0.2) is 54.7 Å². The van der Waals surface area contributed by atoms with Gasteiger partial charge in [0.25, 0.3) is 0 Å². The van der Waals surface area contributed by atoms with Gasteiger partial charge in [0.2, 0.25) is 0 Å². The Morgan fingerprint density at radius 3 is 1.60 bits per heavy atom. The Hall–Kier alpha value is 0.0569. The van der Waals surface area contributed by atoms with Crippen LogP contribution in [0, 0.1) is 0 Å². The highest BCUT2D eigenvalue weighted by molar-refractivity contribution is 6.60. The lowest BCUT2D eigenvalue weighted by Crippen LogP contribution is -2.42. The first-order valence-electron chi connectivity index (χ1n) is 8.05. The number of unbranched alkanes of at least 4 members (excludes halogenated alkanes) is 5. The van der Waals surface area contributed by atoms with Crippen LogP contribution in [0.5, 0.6) is 0 Å². The average molecular weight is 306 g/mol. The number of hydrogen-bond acceptors (Lipinski definition) is 4. The Labute approximate surface area is 127 Å². The molecule has 0 aromatic heterocycles. The van der Waals surface area contributed by atoms with Crippen molar-refractivity contribution in [3.63, 3.8) is 0 Å². The minimum absolute atomic E-state index is 0.927. The van der Waals surface area contributed by atoms with Crippen molar-refractivity contribution < 1.29 is 13.3 Å². The summed E-state index contributed by atoms with van der Waals surface area (Å²) in [7, 11) is 2.74. The summed E-state index contributed by atoms with van der Waals surface area (Å²) in [5.74, 6) is 0. The predicted octanol–water partition coefficient (Wildman–Crippen LogP) is 3.55. The highest BCUT2D eigenvalue weighted by atomic mass is 28.4. The van der Waals surface area contributed by atoms with Crippen LogP contribution < -0.4 is 0 Å². The Morgan fingerprint density at radius 2 is 1.15 bits per heavy atom. The fourth-order valence-electron chi connectivity index (χ4n) is 2.48. The van der Waals surface area contributed by atoms with Crippen LogP contribution in [-0.2, 0) is 13.3 Å². The molecule has 0 aliphatic heterocycles. The zero-order chi connectivity index (χ0) is 15.3. The molecule has 0 saturated carbocycles. The molecule has 0 atom stereocenters. The third-order valence-electron chi connectivity index (χ3n) is 4.03. The molecular formula is C15H35NO3Si. The largest absolute Gasteiger partial charge is 0.500 e. The van der Waals surface area contributed by atoms with Crippen LogP contribution in [0.4, 0.5) is 0 Å². The summed E-state index contributed by atoms with van der Waals surface area (Å²) in [5.41, 5.74) is 0. The Bertz CT molecular complexity index is 201. The summed E-state index contributed by atoms with van der Waals surface area (Å²) in [6.07, 6.45) is 7.70. The van der Waals surface area contributed by atoms with E-state index in [1.165, 1.54) is 51.7 Å². The van der Waals surface area contributed by atoms with Crippen LogP contribution in [0.2, 0.25) is 6.04 Å². The maximum absolute atomic E-state index is 5.42. The second kappa shape index (κ2) is 12.8. The lowest BCUT2D eigenvalue weighted by atomic mass is 10.1. The van der Waals surface area contributed by atoms with Crippen molar-refractivity contribution in [2.45, 2.75) is 58.4 Å². The van der Waals surface area contributed by atoms with E-state index in [4.69, 9.17) is 13.3 Å². The molecule has 0 aromatic carbocycles. The van der Waals surface area contributed by atoms with Crippen LogP contribution in [0.1, 0.15) is 52.4 Å². The Balaban J connectivity index is 3.49. The minimum Gasteiger partial charge on any atom is -0.377 e. The summed E-state index contributed by atoms with van der Waals surface area (Å²) in [5, 5.41) is 0. The van der Waals surface area contributed by atoms with Crippen molar-refractivity contribution in [1.29, 1.82) is 0 Å². The van der Waals surface area contributed by atoms with Gasteiger partial charge >= 0.3 is 8.80 Å². The van der Waals surface area contributed by atoms with Gasteiger partial charge in [0.1, 0.15) is 0 Å². The van der Waals surface area contributed by atoms with Crippen molar-refractivity contribution in [2.24, 2.45) is 0 Å². The highest BCUT2D eigenvalue weighted by Crippen LogP contribution is 2.18. The second-order valence-electron chi connectivity index (χ2n) is 5.19. The third kappa shape index (κ3) is 8.37. The molecule has 0 radical (unpaired) electrons. The molecule has 0 amide bonds. The van der Waals surface area contributed by atoms with Gasteiger partial charge in [-0.1, -0.05) is 39.5 Å². The van der Waals surface area contributed by atoms with E-state index >= 15 is 0 Å². The van der Waals surface area contributed by atoms with E-state index in [1.54, 1.807) is 21.3 Å². The van der Waals surface area contributed by atoms with Crippen molar-refractivity contribution in [3.05, 3.63) is 0 Å². The Morgan fingerprint density at radius 1 is 0.700 bits per heavy atom. The molecular weight excluding hydrogens is 270 g/mol. The van der Waals surface area contributed by atoms with Crippen LogP contribution in [0.3, 0.4) is 0 Å². The average Bonchev–Trinajstić information content (AvgIpc) is 2.50. The van der Waals surface area contributed by atoms with Crippen molar-refractivity contribution in [3.8, 4) is 0 Å². The molecule has 0 aromatic rings. The summed E-state index contributed by atoms with van der Waals surface area (Å²) in [4.78, 5) is 2.50. The number of nitrogens with zero attached hydrogens (tertiary/aromatic N) is 1. The molecule has 4 nitrogen and oxygen atoms in total. The van der Waals surface area contributed by atoms with E-state index < -0.39 is 8.80 Å². The third-order valence-corrected chi connectivity index (χ3v) is 6.87. The van der Waals surface area contributed by atoms with Gasteiger partial charge in [-0.05, 0) is 32.5 Å². The molecule has 5 heteroatoms. The molecule has 0 fully saturated rings. The van der Waals surface area contributed by atoms with E-state index in [0.29, 0.717) is 0 Å². The first-order chi connectivity index (χ1) is 9.67. The molecule has 0 unspecified atom stereocenters. The topological polar surface area (TPSA) is 30.9 Å². The molecule has 0 spiro atoms.